The van der Waals surface area contributed by atoms with Crippen LogP contribution in [0, 0.1) is 5.92 Å². The van der Waals surface area contributed by atoms with Crippen LogP contribution in [0.4, 0.5) is 0 Å². The maximum Gasteiger partial charge on any atom is 0.270 e. The van der Waals surface area contributed by atoms with Gasteiger partial charge in [0.05, 0.1) is 0 Å². The maximum atomic E-state index is 12.0. The largest absolute Gasteiger partial charge is 0.348 e. The zero-order valence-electron chi connectivity index (χ0n) is 12.0. The van der Waals surface area contributed by atoms with Gasteiger partial charge in [0.15, 0.2) is 0 Å². The third-order valence-corrected chi connectivity index (χ3v) is 3.53. The first-order chi connectivity index (χ1) is 9.58. The van der Waals surface area contributed by atoms with Crippen molar-refractivity contribution in [3.8, 4) is 0 Å². The summed E-state index contributed by atoms with van der Waals surface area (Å²) in [5.41, 5.74) is 0.438. The molecule has 1 aliphatic rings. The highest BCUT2D eigenvalue weighted by Crippen LogP contribution is 2.13. The summed E-state index contributed by atoms with van der Waals surface area (Å²) in [5.74, 6) is 0.0911. The third-order valence-electron chi connectivity index (χ3n) is 3.53. The Bertz CT molecular complexity index is 465. The molecule has 20 heavy (non-hydrogen) atoms. The molecule has 1 aromatic rings. The van der Waals surface area contributed by atoms with Gasteiger partial charge in [-0.15, -0.1) is 0 Å². The number of hydrogen-bond donors (Lipinski definition) is 1. The summed E-state index contributed by atoms with van der Waals surface area (Å²) < 4.78 is 0. The van der Waals surface area contributed by atoms with Crippen molar-refractivity contribution in [3.63, 3.8) is 0 Å². The lowest BCUT2D eigenvalue weighted by Gasteiger charge is -2.33. The minimum atomic E-state index is -0.140. The van der Waals surface area contributed by atoms with E-state index in [1.807, 2.05) is 18.7 Å². The van der Waals surface area contributed by atoms with Crippen LogP contribution in [-0.4, -0.2) is 40.8 Å². The van der Waals surface area contributed by atoms with Crippen molar-refractivity contribution >= 4 is 11.8 Å². The van der Waals surface area contributed by atoms with Gasteiger partial charge in [0, 0.05) is 31.2 Å². The molecule has 0 spiro atoms. The highest BCUT2D eigenvalue weighted by Gasteiger charge is 2.25. The molecule has 0 unspecified atom stereocenters. The number of carbonyl (C=O) groups is 2. The van der Waals surface area contributed by atoms with Gasteiger partial charge in [-0.1, -0.05) is 19.9 Å². The highest BCUT2D eigenvalue weighted by molar-refractivity contribution is 5.92. The second-order valence-corrected chi connectivity index (χ2v) is 5.44. The average Bonchev–Trinajstić information content (AvgIpc) is 2.48. The predicted molar refractivity (Wildman–Crippen MR) is 76.1 cm³/mol. The maximum absolute atomic E-state index is 12.0. The van der Waals surface area contributed by atoms with E-state index in [9.17, 15) is 9.59 Å². The molecule has 2 heterocycles. The van der Waals surface area contributed by atoms with E-state index >= 15 is 0 Å². The molecule has 0 saturated carbocycles. The molecule has 1 aliphatic heterocycles. The third kappa shape index (κ3) is 3.56. The minimum absolute atomic E-state index is 0.0367. The fraction of sp³-hybridized carbons (Fsp3) is 0.533. The van der Waals surface area contributed by atoms with Crippen molar-refractivity contribution in [3.05, 3.63) is 30.1 Å². The van der Waals surface area contributed by atoms with Crippen LogP contribution in [0.1, 0.15) is 37.2 Å². The van der Waals surface area contributed by atoms with Crippen molar-refractivity contribution in [2.45, 2.75) is 32.7 Å². The number of likely N-dealkylation sites (tertiary alicyclic amines) is 1. The number of nitrogens with zero attached hydrogens (tertiary/aromatic N) is 2. The van der Waals surface area contributed by atoms with Crippen LogP contribution in [0.15, 0.2) is 24.4 Å². The van der Waals surface area contributed by atoms with Crippen LogP contribution >= 0.6 is 0 Å². The van der Waals surface area contributed by atoms with Gasteiger partial charge in [0.1, 0.15) is 5.69 Å². The van der Waals surface area contributed by atoms with E-state index in [0.717, 1.165) is 12.8 Å². The number of pyridine rings is 1. The van der Waals surface area contributed by atoms with Crippen LogP contribution in [0.2, 0.25) is 0 Å². The molecule has 1 fully saturated rings. The van der Waals surface area contributed by atoms with Gasteiger partial charge >= 0.3 is 0 Å². The number of aromatic nitrogens is 1. The molecule has 5 heteroatoms. The lowest BCUT2D eigenvalue weighted by molar-refractivity contribution is -0.135. The molecule has 0 atom stereocenters. The standard InChI is InChI=1S/C15H21N3O2/c1-11(2)15(20)18-9-6-12(7-10-18)17-14(19)13-5-3-4-8-16-13/h3-5,8,11-12H,6-7,9-10H2,1-2H3,(H,17,19). The minimum Gasteiger partial charge on any atom is -0.348 e. The Labute approximate surface area is 119 Å². The van der Waals surface area contributed by atoms with Gasteiger partial charge in [-0.25, -0.2) is 0 Å². The Balaban J connectivity index is 1.83. The Morgan fingerprint density at radius 3 is 2.55 bits per heavy atom. The van der Waals surface area contributed by atoms with Crippen molar-refractivity contribution < 1.29 is 9.59 Å². The SMILES string of the molecule is CC(C)C(=O)N1CCC(NC(=O)c2ccccn2)CC1. The zero-order chi connectivity index (χ0) is 14.5. The van der Waals surface area contributed by atoms with Crippen LogP contribution in [-0.2, 0) is 4.79 Å². The number of hydrogen-bond acceptors (Lipinski definition) is 3. The number of nitrogens with one attached hydrogen (secondary N) is 1. The van der Waals surface area contributed by atoms with Crippen LogP contribution < -0.4 is 5.32 Å². The lowest BCUT2D eigenvalue weighted by Crippen LogP contribution is -2.47. The molecule has 108 valence electrons. The van der Waals surface area contributed by atoms with Crippen LogP contribution in [0.5, 0.6) is 0 Å². The fourth-order valence-corrected chi connectivity index (χ4v) is 2.37. The summed E-state index contributed by atoms with van der Waals surface area (Å²) in [6, 6.07) is 5.41. The fourth-order valence-electron chi connectivity index (χ4n) is 2.37. The molecule has 2 rings (SSSR count). The van der Waals surface area contributed by atoms with Gasteiger partial charge in [0.25, 0.3) is 5.91 Å². The van der Waals surface area contributed by atoms with E-state index < -0.39 is 0 Å². The Hall–Kier alpha value is -1.91. The van der Waals surface area contributed by atoms with Gasteiger partial charge in [-0.05, 0) is 25.0 Å². The number of piperidine rings is 1. The molecular formula is C15H21N3O2. The Morgan fingerprint density at radius 2 is 2.00 bits per heavy atom. The molecule has 1 N–H and O–H groups in total. The Kier molecular flexibility index (Phi) is 4.71. The van der Waals surface area contributed by atoms with Gasteiger partial charge < -0.3 is 10.2 Å². The first-order valence-corrected chi connectivity index (χ1v) is 7.08. The summed E-state index contributed by atoms with van der Waals surface area (Å²) in [6.07, 6.45) is 3.22. The summed E-state index contributed by atoms with van der Waals surface area (Å²) in [5, 5.41) is 2.98. The monoisotopic (exact) mass is 275 g/mol. The number of amides is 2. The second-order valence-electron chi connectivity index (χ2n) is 5.44. The zero-order valence-corrected chi connectivity index (χ0v) is 12.0. The lowest BCUT2D eigenvalue weighted by atomic mass is 10.0. The predicted octanol–water partition coefficient (Wildman–Crippen LogP) is 1.46. The van der Waals surface area contributed by atoms with Crippen molar-refractivity contribution in [2.24, 2.45) is 5.92 Å². The normalized spacial score (nSPS) is 16.2. The van der Waals surface area contributed by atoms with Crippen molar-refractivity contribution in [2.75, 3.05) is 13.1 Å². The highest BCUT2D eigenvalue weighted by atomic mass is 16.2. The van der Waals surface area contributed by atoms with Crippen LogP contribution in [0.25, 0.3) is 0 Å². The van der Waals surface area contributed by atoms with E-state index in [0.29, 0.717) is 18.8 Å². The molecular weight excluding hydrogens is 254 g/mol. The average molecular weight is 275 g/mol. The second kappa shape index (κ2) is 6.50. The smallest absolute Gasteiger partial charge is 0.270 e. The molecule has 5 nitrogen and oxygen atoms in total. The van der Waals surface area contributed by atoms with Crippen molar-refractivity contribution in [1.82, 2.24) is 15.2 Å². The van der Waals surface area contributed by atoms with E-state index in [1.54, 1.807) is 24.4 Å². The van der Waals surface area contributed by atoms with Gasteiger partial charge in [0.2, 0.25) is 5.91 Å². The number of rotatable bonds is 3. The molecule has 0 aromatic carbocycles. The van der Waals surface area contributed by atoms with E-state index in [1.165, 1.54) is 0 Å². The van der Waals surface area contributed by atoms with Crippen molar-refractivity contribution in [1.29, 1.82) is 0 Å². The topological polar surface area (TPSA) is 62.3 Å². The summed E-state index contributed by atoms with van der Waals surface area (Å²) >= 11 is 0. The Morgan fingerprint density at radius 1 is 1.30 bits per heavy atom. The quantitative estimate of drug-likeness (QED) is 0.908. The first kappa shape index (κ1) is 14.5. The van der Waals surface area contributed by atoms with Gasteiger partial charge in [-0.3, -0.25) is 14.6 Å². The molecule has 0 bridgehead atoms. The molecule has 0 aliphatic carbocycles. The molecule has 1 aromatic heterocycles. The van der Waals surface area contributed by atoms with E-state index in [-0.39, 0.29) is 23.8 Å². The summed E-state index contributed by atoms with van der Waals surface area (Å²) in [4.78, 5) is 29.8. The number of carbonyl (C=O) groups excluding carboxylic acids is 2. The van der Waals surface area contributed by atoms with E-state index in [4.69, 9.17) is 0 Å². The van der Waals surface area contributed by atoms with E-state index in [2.05, 4.69) is 10.3 Å². The first-order valence-electron chi connectivity index (χ1n) is 7.08. The molecule has 1 saturated heterocycles. The van der Waals surface area contributed by atoms with Crippen LogP contribution in [0.3, 0.4) is 0 Å². The molecule has 2 amide bonds. The summed E-state index contributed by atoms with van der Waals surface area (Å²) in [6.45, 7) is 5.25. The summed E-state index contributed by atoms with van der Waals surface area (Å²) in [7, 11) is 0. The van der Waals surface area contributed by atoms with Gasteiger partial charge in [-0.2, -0.15) is 0 Å². The molecule has 0 radical (unpaired) electrons.